The molecule has 4 fully saturated rings. The lowest BCUT2D eigenvalue weighted by Crippen LogP contribution is -2.55. The molecular formula is C29H43N5O4. The van der Waals surface area contributed by atoms with Crippen molar-refractivity contribution in [1.82, 2.24) is 20.5 Å². The molecule has 2 atom stereocenters. The van der Waals surface area contributed by atoms with Gasteiger partial charge in [-0.25, -0.2) is 9.78 Å². The molecular weight excluding hydrogens is 482 g/mol. The number of piperidine rings is 1. The maximum absolute atomic E-state index is 13.1. The molecule has 208 valence electrons. The predicted molar refractivity (Wildman–Crippen MR) is 145 cm³/mol. The van der Waals surface area contributed by atoms with Gasteiger partial charge in [0.15, 0.2) is 0 Å². The number of rotatable bonds is 10. The average Bonchev–Trinajstić information content (AvgIpc) is 2.96. The molecule has 4 N–H and O–H groups in total. The summed E-state index contributed by atoms with van der Waals surface area (Å²) < 4.78 is 0. The van der Waals surface area contributed by atoms with E-state index in [2.05, 4.69) is 33.0 Å². The van der Waals surface area contributed by atoms with Crippen LogP contribution in [0, 0.1) is 17.3 Å². The lowest BCUT2D eigenvalue weighted by atomic mass is 9.60. The van der Waals surface area contributed by atoms with Crippen LogP contribution in [0.15, 0.2) is 12.1 Å². The molecule has 0 aromatic carbocycles. The Hall–Kier alpha value is -2.68. The molecule has 3 heterocycles. The lowest BCUT2D eigenvalue weighted by Gasteiger charge is -2.45. The molecule has 1 saturated heterocycles. The fourth-order valence-corrected chi connectivity index (χ4v) is 6.91. The van der Waals surface area contributed by atoms with Crippen molar-refractivity contribution >= 4 is 23.6 Å². The van der Waals surface area contributed by atoms with Crippen molar-refractivity contribution in [3.05, 3.63) is 23.4 Å². The molecule has 38 heavy (non-hydrogen) atoms. The summed E-state index contributed by atoms with van der Waals surface area (Å²) in [5.41, 5.74) is 1.99. The SMILES string of the molecule is O=C(NC[C@H](NC(=O)C12CCC(CC1)CC2)C(=O)O)[C@@H]1CCCN(CCCc2ccc3c(n2)NCCC3)C1. The Kier molecular flexibility index (Phi) is 8.51. The van der Waals surface area contributed by atoms with E-state index in [1.807, 2.05) is 0 Å². The number of hydrogen-bond donors (Lipinski definition) is 4. The van der Waals surface area contributed by atoms with Crippen molar-refractivity contribution in [3.63, 3.8) is 0 Å². The third-order valence-electron chi connectivity index (χ3n) is 9.39. The number of carbonyl (C=O) groups is 3. The summed E-state index contributed by atoms with van der Waals surface area (Å²) in [5, 5.41) is 18.7. The van der Waals surface area contributed by atoms with Gasteiger partial charge >= 0.3 is 5.97 Å². The van der Waals surface area contributed by atoms with Crippen LogP contribution in [0.3, 0.4) is 0 Å². The van der Waals surface area contributed by atoms with E-state index in [4.69, 9.17) is 4.98 Å². The van der Waals surface area contributed by atoms with Gasteiger partial charge in [0.25, 0.3) is 0 Å². The summed E-state index contributed by atoms with van der Waals surface area (Å²) in [7, 11) is 0. The number of aryl methyl sites for hydroxylation is 2. The Labute approximate surface area is 225 Å². The lowest BCUT2D eigenvalue weighted by molar-refractivity contribution is -0.146. The number of anilines is 1. The minimum Gasteiger partial charge on any atom is -0.480 e. The van der Waals surface area contributed by atoms with Gasteiger partial charge in [0.05, 0.1) is 5.92 Å². The molecule has 0 spiro atoms. The first-order valence-corrected chi connectivity index (χ1v) is 14.7. The number of pyridine rings is 1. The molecule has 1 aromatic heterocycles. The van der Waals surface area contributed by atoms with Gasteiger partial charge in [0, 0.05) is 30.7 Å². The Morgan fingerprint density at radius 2 is 1.92 bits per heavy atom. The fourth-order valence-electron chi connectivity index (χ4n) is 6.91. The van der Waals surface area contributed by atoms with Gasteiger partial charge in [-0.15, -0.1) is 0 Å². The summed E-state index contributed by atoms with van der Waals surface area (Å²) in [5.74, 6) is 0.235. The molecule has 9 nitrogen and oxygen atoms in total. The van der Waals surface area contributed by atoms with E-state index in [1.165, 1.54) is 5.56 Å². The van der Waals surface area contributed by atoms with Crippen LogP contribution in [0.1, 0.15) is 75.5 Å². The second-order valence-electron chi connectivity index (χ2n) is 12.0. The third-order valence-corrected chi connectivity index (χ3v) is 9.39. The van der Waals surface area contributed by atoms with Crippen LogP contribution in [0.2, 0.25) is 0 Å². The minimum atomic E-state index is -1.10. The van der Waals surface area contributed by atoms with E-state index in [9.17, 15) is 19.5 Å². The van der Waals surface area contributed by atoms with Crippen molar-refractivity contribution in [2.75, 3.05) is 38.0 Å². The first kappa shape index (κ1) is 26.9. The highest BCUT2D eigenvalue weighted by Gasteiger charge is 2.46. The van der Waals surface area contributed by atoms with Gasteiger partial charge in [-0.2, -0.15) is 0 Å². The minimum absolute atomic E-state index is 0.0762. The molecule has 3 aliphatic carbocycles. The Bertz CT molecular complexity index is 1010. The topological polar surface area (TPSA) is 124 Å². The number of likely N-dealkylation sites (tertiary alicyclic amines) is 1. The number of carboxylic acids is 1. The zero-order chi connectivity index (χ0) is 26.5. The first-order chi connectivity index (χ1) is 18.4. The number of carboxylic acid groups (broad SMARTS) is 1. The molecule has 3 saturated carbocycles. The van der Waals surface area contributed by atoms with Crippen molar-refractivity contribution in [2.24, 2.45) is 17.3 Å². The van der Waals surface area contributed by atoms with Crippen LogP contribution < -0.4 is 16.0 Å². The van der Waals surface area contributed by atoms with Crippen molar-refractivity contribution in [2.45, 2.75) is 83.1 Å². The number of hydrogen-bond acceptors (Lipinski definition) is 6. The summed E-state index contributed by atoms with van der Waals surface area (Å²) >= 11 is 0. The Morgan fingerprint density at radius 1 is 1.13 bits per heavy atom. The first-order valence-electron chi connectivity index (χ1n) is 14.7. The van der Waals surface area contributed by atoms with Gasteiger partial charge in [-0.3, -0.25) is 9.59 Å². The quantitative estimate of drug-likeness (QED) is 0.370. The summed E-state index contributed by atoms with van der Waals surface area (Å²) in [6, 6.07) is 3.23. The normalized spacial score (nSPS) is 27.6. The molecule has 6 rings (SSSR count). The second kappa shape index (κ2) is 12.0. The predicted octanol–water partition coefficient (Wildman–Crippen LogP) is 2.74. The highest BCUT2D eigenvalue weighted by atomic mass is 16.4. The Balaban J connectivity index is 1.06. The maximum Gasteiger partial charge on any atom is 0.328 e. The van der Waals surface area contributed by atoms with Crippen LogP contribution in [0.25, 0.3) is 0 Å². The number of carbonyl (C=O) groups excluding carboxylic acids is 2. The summed E-state index contributed by atoms with van der Waals surface area (Å²) in [6.45, 7) is 3.47. The molecule has 0 radical (unpaired) electrons. The zero-order valence-electron chi connectivity index (χ0n) is 22.5. The average molecular weight is 526 g/mol. The van der Waals surface area contributed by atoms with Crippen LogP contribution in [-0.2, 0) is 27.2 Å². The number of fused-ring (bicyclic) bond motifs is 4. The van der Waals surface area contributed by atoms with Crippen LogP contribution in [-0.4, -0.2) is 71.5 Å². The highest BCUT2D eigenvalue weighted by Crippen LogP contribution is 2.50. The third kappa shape index (κ3) is 6.30. The molecule has 2 aliphatic heterocycles. The van der Waals surface area contributed by atoms with E-state index in [0.29, 0.717) is 6.54 Å². The van der Waals surface area contributed by atoms with Gasteiger partial charge in [0.2, 0.25) is 11.8 Å². The van der Waals surface area contributed by atoms with E-state index >= 15 is 0 Å². The van der Waals surface area contributed by atoms with E-state index < -0.39 is 17.4 Å². The fraction of sp³-hybridized carbons (Fsp3) is 0.724. The maximum atomic E-state index is 13.1. The van der Waals surface area contributed by atoms with E-state index in [-0.39, 0.29) is 24.3 Å². The molecule has 9 heteroatoms. The van der Waals surface area contributed by atoms with Gasteiger partial charge in [0.1, 0.15) is 11.9 Å². The largest absolute Gasteiger partial charge is 0.480 e. The van der Waals surface area contributed by atoms with Gasteiger partial charge in [-0.1, -0.05) is 6.07 Å². The molecule has 2 bridgehead atoms. The van der Waals surface area contributed by atoms with Crippen molar-refractivity contribution in [1.29, 1.82) is 0 Å². The highest BCUT2D eigenvalue weighted by molar-refractivity contribution is 5.88. The number of aliphatic carboxylic acids is 1. The van der Waals surface area contributed by atoms with Crippen molar-refractivity contribution < 1.29 is 19.5 Å². The van der Waals surface area contributed by atoms with E-state index in [1.54, 1.807) is 0 Å². The summed E-state index contributed by atoms with van der Waals surface area (Å²) in [4.78, 5) is 45.0. The second-order valence-corrected chi connectivity index (χ2v) is 12.0. The van der Waals surface area contributed by atoms with Crippen LogP contribution in [0.4, 0.5) is 5.82 Å². The number of aromatic nitrogens is 1. The van der Waals surface area contributed by atoms with Crippen molar-refractivity contribution in [3.8, 4) is 0 Å². The van der Waals surface area contributed by atoms with Gasteiger partial charge < -0.3 is 26.0 Å². The molecule has 5 aliphatic rings. The van der Waals surface area contributed by atoms with Gasteiger partial charge in [-0.05, 0) is 108 Å². The molecule has 2 amide bonds. The van der Waals surface area contributed by atoms with Crippen LogP contribution in [0.5, 0.6) is 0 Å². The standard InChI is InChI=1S/C29H43N5O4/c35-26(31-18-24(27(36)37)33-28(38)29-12-9-20(10-13-29)11-14-29)22-5-2-16-34(19-22)17-3-6-23-8-7-21-4-1-15-30-25(21)32-23/h7-8,20,22,24H,1-6,9-19H2,(H,30,32)(H,31,35)(H,33,38)(H,36,37)/t20?,22-,24+,29?/m1/s1. The summed E-state index contributed by atoms with van der Waals surface area (Å²) in [6.07, 6.45) is 11.6. The zero-order valence-corrected chi connectivity index (χ0v) is 22.5. The van der Waals surface area contributed by atoms with Crippen LogP contribution >= 0.6 is 0 Å². The van der Waals surface area contributed by atoms with E-state index in [0.717, 1.165) is 114 Å². The molecule has 0 unspecified atom stereocenters. The number of nitrogens with one attached hydrogen (secondary N) is 3. The molecule has 1 aromatic rings. The number of nitrogens with zero attached hydrogens (tertiary/aromatic N) is 2. The number of amides is 2. The Morgan fingerprint density at radius 3 is 2.68 bits per heavy atom. The smallest absolute Gasteiger partial charge is 0.328 e. The monoisotopic (exact) mass is 525 g/mol.